The van der Waals surface area contributed by atoms with Crippen LogP contribution in [0.4, 0.5) is 0 Å². The van der Waals surface area contributed by atoms with E-state index in [0.717, 1.165) is 25.7 Å². The van der Waals surface area contributed by atoms with Crippen molar-refractivity contribution in [2.24, 2.45) is 0 Å². The number of hydrogen-bond donors (Lipinski definition) is 0. The third kappa shape index (κ3) is 7.67. The van der Waals surface area contributed by atoms with Gasteiger partial charge in [-0.3, -0.25) is 4.79 Å². The maximum atomic E-state index is 11.5. The molecule has 0 aromatic carbocycles. The Morgan fingerprint density at radius 2 is 1.06 bits per heavy atom. The Morgan fingerprint density at radius 3 is 1.69 bits per heavy atom. The van der Waals surface area contributed by atoms with Gasteiger partial charge in [-0.1, -0.05) is 37.8 Å². The van der Waals surface area contributed by atoms with Gasteiger partial charge >= 0.3 is 0 Å². The van der Waals surface area contributed by atoms with Crippen LogP contribution in [0.3, 0.4) is 0 Å². The topological polar surface area (TPSA) is 17.1 Å². The summed E-state index contributed by atoms with van der Waals surface area (Å²) in [5.74, 6) is 0.491. The van der Waals surface area contributed by atoms with Crippen molar-refractivity contribution in [1.82, 2.24) is 0 Å². The molecule has 0 heterocycles. The van der Waals surface area contributed by atoms with Gasteiger partial charge in [-0.05, 0) is 38.5 Å². The van der Waals surface area contributed by atoms with Gasteiger partial charge in [0, 0.05) is 12.8 Å². The molecule has 1 aliphatic rings. The molecular weight excluding hydrogens is 196 g/mol. The molecule has 92 valence electrons. The number of carbonyl (C=O) groups is 1. The van der Waals surface area contributed by atoms with E-state index in [4.69, 9.17) is 0 Å². The predicted molar refractivity (Wildman–Crippen MR) is 69.6 cm³/mol. The summed E-state index contributed by atoms with van der Waals surface area (Å²) in [7, 11) is 0. The van der Waals surface area contributed by atoms with E-state index in [-0.39, 0.29) is 0 Å². The minimum absolute atomic E-state index is 0.491. The second-order valence-electron chi connectivity index (χ2n) is 4.92. The smallest absolute Gasteiger partial charge is 0.132 e. The van der Waals surface area contributed by atoms with E-state index in [2.05, 4.69) is 12.2 Å². The van der Waals surface area contributed by atoms with Crippen molar-refractivity contribution in [3.05, 3.63) is 12.2 Å². The Kier molecular flexibility index (Phi) is 8.10. The number of hydrogen-bond acceptors (Lipinski definition) is 1. The molecule has 1 aliphatic carbocycles. The van der Waals surface area contributed by atoms with Gasteiger partial charge in [-0.15, -0.1) is 0 Å². The maximum absolute atomic E-state index is 11.5. The first kappa shape index (κ1) is 13.5. The maximum Gasteiger partial charge on any atom is 0.132 e. The highest BCUT2D eigenvalue weighted by Gasteiger charge is 2.01. The highest BCUT2D eigenvalue weighted by molar-refractivity contribution is 5.78. The first-order valence-corrected chi connectivity index (χ1v) is 7.06. The first-order valence-electron chi connectivity index (χ1n) is 7.06. The molecule has 0 N–H and O–H groups in total. The lowest BCUT2D eigenvalue weighted by molar-refractivity contribution is -0.119. The van der Waals surface area contributed by atoms with Gasteiger partial charge in [-0.2, -0.15) is 0 Å². The quantitative estimate of drug-likeness (QED) is 0.538. The van der Waals surface area contributed by atoms with E-state index in [9.17, 15) is 4.79 Å². The molecule has 0 spiro atoms. The monoisotopic (exact) mass is 222 g/mol. The summed E-state index contributed by atoms with van der Waals surface area (Å²) >= 11 is 0. The molecule has 0 bridgehead atoms. The van der Waals surface area contributed by atoms with Crippen molar-refractivity contribution < 1.29 is 4.79 Å². The molecule has 0 saturated carbocycles. The van der Waals surface area contributed by atoms with E-state index in [0.29, 0.717) is 5.78 Å². The lowest BCUT2D eigenvalue weighted by atomic mass is 10.0. The zero-order chi connectivity index (χ0) is 11.5. The average molecular weight is 222 g/mol. The lowest BCUT2D eigenvalue weighted by Crippen LogP contribution is -1.97. The van der Waals surface area contributed by atoms with Crippen LogP contribution in [0.15, 0.2) is 12.2 Å². The van der Waals surface area contributed by atoms with Crippen molar-refractivity contribution in [2.45, 2.75) is 77.0 Å². The molecule has 1 heteroatoms. The molecule has 16 heavy (non-hydrogen) atoms. The molecule has 0 aromatic rings. The molecule has 0 unspecified atom stereocenters. The molecular formula is C15H26O. The summed E-state index contributed by atoms with van der Waals surface area (Å²) in [6, 6.07) is 0. The average Bonchev–Trinajstić information content (AvgIpc) is 2.29. The zero-order valence-corrected chi connectivity index (χ0v) is 10.5. The van der Waals surface area contributed by atoms with E-state index in [1.54, 1.807) is 0 Å². The van der Waals surface area contributed by atoms with Crippen LogP contribution in [0.1, 0.15) is 77.0 Å². The molecule has 0 amide bonds. The first-order chi connectivity index (χ1) is 7.89. The van der Waals surface area contributed by atoms with Crippen molar-refractivity contribution in [2.75, 3.05) is 0 Å². The zero-order valence-electron chi connectivity index (χ0n) is 10.5. The molecule has 0 atom stereocenters. The van der Waals surface area contributed by atoms with E-state index in [1.165, 1.54) is 51.4 Å². The van der Waals surface area contributed by atoms with Crippen molar-refractivity contribution in [1.29, 1.82) is 0 Å². The highest BCUT2D eigenvalue weighted by Crippen LogP contribution is 2.12. The predicted octanol–water partition coefficient (Wildman–Crippen LogP) is 4.81. The van der Waals surface area contributed by atoms with E-state index < -0.39 is 0 Å². The van der Waals surface area contributed by atoms with Crippen molar-refractivity contribution in [3.8, 4) is 0 Å². The molecule has 1 rings (SSSR count). The van der Waals surface area contributed by atoms with Gasteiger partial charge in [0.25, 0.3) is 0 Å². The summed E-state index contributed by atoms with van der Waals surface area (Å²) < 4.78 is 0. The molecule has 0 saturated heterocycles. The Balaban J connectivity index is 2.19. The summed E-state index contributed by atoms with van der Waals surface area (Å²) in [5.41, 5.74) is 0. The number of allylic oxidation sites excluding steroid dienone is 2. The Labute approximate surface area is 100 Å². The lowest BCUT2D eigenvalue weighted by Gasteiger charge is -2.01. The van der Waals surface area contributed by atoms with Crippen LogP contribution < -0.4 is 0 Å². The molecule has 0 radical (unpaired) electrons. The summed E-state index contributed by atoms with van der Waals surface area (Å²) in [4.78, 5) is 11.5. The Morgan fingerprint density at radius 1 is 0.625 bits per heavy atom. The Hall–Kier alpha value is -0.590. The molecule has 0 aliphatic heterocycles. The largest absolute Gasteiger partial charge is 0.300 e. The molecule has 0 fully saturated rings. The standard InChI is InChI=1S/C15H26O/c16-15-13-11-9-7-5-3-1-2-4-6-8-10-12-14-15/h1,3H,2,4-14H2/b3-1-. The number of rotatable bonds is 0. The number of carbonyl (C=O) groups excluding carboxylic acids is 1. The highest BCUT2D eigenvalue weighted by atomic mass is 16.1. The van der Waals surface area contributed by atoms with Gasteiger partial charge in [0.2, 0.25) is 0 Å². The third-order valence-corrected chi connectivity index (χ3v) is 3.32. The van der Waals surface area contributed by atoms with Crippen LogP contribution in [-0.2, 0) is 4.79 Å². The van der Waals surface area contributed by atoms with Crippen LogP contribution >= 0.6 is 0 Å². The molecule has 0 aromatic heterocycles. The van der Waals surface area contributed by atoms with Crippen molar-refractivity contribution >= 4 is 5.78 Å². The van der Waals surface area contributed by atoms with Gasteiger partial charge in [-0.25, -0.2) is 0 Å². The fourth-order valence-electron chi connectivity index (χ4n) is 2.24. The van der Waals surface area contributed by atoms with Gasteiger partial charge in [0.1, 0.15) is 5.78 Å². The van der Waals surface area contributed by atoms with Crippen LogP contribution in [-0.4, -0.2) is 5.78 Å². The van der Waals surface area contributed by atoms with Crippen LogP contribution in [0.2, 0.25) is 0 Å². The van der Waals surface area contributed by atoms with E-state index in [1.807, 2.05) is 0 Å². The van der Waals surface area contributed by atoms with Crippen molar-refractivity contribution in [3.63, 3.8) is 0 Å². The van der Waals surface area contributed by atoms with Gasteiger partial charge in [0.15, 0.2) is 0 Å². The van der Waals surface area contributed by atoms with Crippen LogP contribution in [0.5, 0.6) is 0 Å². The summed E-state index contributed by atoms with van der Waals surface area (Å²) in [6.07, 6.45) is 18.7. The minimum atomic E-state index is 0.491. The SMILES string of the molecule is O=C1CCCCC/C=C\CCCCCCC1. The summed E-state index contributed by atoms with van der Waals surface area (Å²) in [6.45, 7) is 0. The minimum Gasteiger partial charge on any atom is -0.300 e. The fourth-order valence-corrected chi connectivity index (χ4v) is 2.24. The second-order valence-corrected chi connectivity index (χ2v) is 4.92. The fraction of sp³-hybridized carbons (Fsp3) is 0.800. The number of Topliss-reactive ketones (excluding diaryl/α,β-unsaturated/α-hetero) is 1. The van der Waals surface area contributed by atoms with Gasteiger partial charge < -0.3 is 0 Å². The number of ketones is 1. The van der Waals surface area contributed by atoms with Crippen LogP contribution in [0, 0.1) is 0 Å². The van der Waals surface area contributed by atoms with Crippen LogP contribution in [0.25, 0.3) is 0 Å². The van der Waals surface area contributed by atoms with E-state index >= 15 is 0 Å². The van der Waals surface area contributed by atoms with Gasteiger partial charge in [0.05, 0.1) is 0 Å². The summed E-state index contributed by atoms with van der Waals surface area (Å²) in [5, 5.41) is 0. The third-order valence-electron chi connectivity index (χ3n) is 3.32. The Bertz CT molecular complexity index is 205. The molecule has 1 nitrogen and oxygen atoms in total. The second kappa shape index (κ2) is 9.62. The normalized spacial score (nSPS) is 24.4.